The van der Waals surface area contributed by atoms with E-state index < -0.39 is 65.0 Å². The number of hydrogen-bond acceptors (Lipinski definition) is 18. The average Bonchev–Trinajstić information content (AvgIpc) is 1.66. The molecular formula is C126H210O24. The molecule has 6 aliphatic rings. The van der Waals surface area contributed by atoms with Gasteiger partial charge in [-0.05, 0) is 239 Å². The molecule has 17 unspecified atom stereocenters. The monoisotopic (exact) mass is 2110 g/mol. The molecule has 0 amide bonds. The first-order valence-electron chi connectivity index (χ1n) is 59.0. The van der Waals surface area contributed by atoms with E-state index in [0.29, 0.717) is 77.0 Å². The highest BCUT2D eigenvalue weighted by atomic mass is 16.6. The molecule has 0 bridgehead atoms. The molecule has 0 spiro atoms. The van der Waals surface area contributed by atoms with Crippen molar-refractivity contribution >= 4 is 53.2 Å². The molecule has 6 aliphatic heterocycles. The number of ether oxygens (including phenoxy) is 6. The summed E-state index contributed by atoms with van der Waals surface area (Å²) in [6.45, 7) is 23.7. The summed E-state index contributed by atoms with van der Waals surface area (Å²) < 4.78 is 32.5. The number of epoxide rings is 6. The van der Waals surface area contributed by atoms with Crippen LogP contribution in [0.5, 0.6) is 0 Å². The third-order valence-corrected chi connectivity index (χ3v) is 27.8. The number of aliphatic hydroxyl groups excluding tert-OH is 3. The van der Waals surface area contributed by atoms with E-state index in [1.165, 1.54) is 231 Å². The smallest absolute Gasteiger partial charge is 0.309 e. The van der Waals surface area contributed by atoms with Crippen LogP contribution in [0.15, 0.2) is 146 Å². The third-order valence-electron chi connectivity index (χ3n) is 27.8. The van der Waals surface area contributed by atoms with E-state index >= 15 is 0 Å². The van der Waals surface area contributed by atoms with Gasteiger partial charge in [0, 0.05) is 12.8 Å². The summed E-state index contributed by atoms with van der Waals surface area (Å²) in [5.74, 6) is -5.40. The minimum atomic E-state index is -0.811. The van der Waals surface area contributed by atoms with Gasteiger partial charge in [-0.25, -0.2) is 0 Å². The Hall–Kier alpha value is -7.65. The zero-order valence-electron chi connectivity index (χ0n) is 95.2. The SMILES string of the molecule is CCCCCCCC/C=C\C/C=C\C(=O)C1OC1CCC(C)(C)C(=O)O.CCCCCCCC/C=C\C/C=C\C(=O)C1OC1CCC(C)C(=O)O.CCCCCCCC/C=C\C/C=C\C(=O)C1OC1CCCC(=O)O.CCCCCCCC/C=C\CC(O)/C=C/C1OC1CCC(C)(C)C(=O)O.CCCCCCCC/C=C\CC(O)/C=C/C1OC1CCC(C)C(=O)O.CCCCCCCC/C=C\CC(O)/C=C/C1OC1CCCC(=O)O. The van der Waals surface area contributed by atoms with Crippen LogP contribution >= 0.6 is 0 Å². The molecule has 150 heavy (non-hydrogen) atoms. The van der Waals surface area contributed by atoms with Crippen LogP contribution in [0.25, 0.3) is 0 Å². The number of ketones is 3. The number of allylic oxidation sites excluding steroid dienone is 12. The van der Waals surface area contributed by atoms with Crippen LogP contribution in [0.4, 0.5) is 0 Å². The van der Waals surface area contributed by atoms with Crippen molar-refractivity contribution in [1.82, 2.24) is 0 Å². The maximum absolute atomic E-state index is 12.0. The molecule has 24 nitrogen and oxygen atoms in total. The first kappa shape index (κ1) is 140. The highest BCUT2D eigenvalue weighted by Gasteiger charge is 2.47. The number of carbonyl (C=O) groups excluding carboxylic acids is 3. The molecule has 17 atom stereocenters. The molecule has 6 fully saturated rings. The predicted octanol–water partition coefficient (Wildman–Crippen LogP) is 30.1. The molecule has 6 saturated heterocycles. The second-order valence-electron chi connectivity index (χ2n) is 43.2. The van der Waals surface area contributed by atoms with Crippen molar-refractivity contribution < 1.29 is 118 Å². The minimum absolute atomic E-state index is 0.000325. The van der Waals surface area contributed by atoms with Gasteiger partial charge in [-0.15, -0.1) is 0 Å². The van der Waals surface area contributed by atoms with Crippen LogP contribution in [0.1, 0.15) is 481 Å². The fraction of sp³-hybridized carbons (Fsp3) is 0.738. The Labute approximate surface area is 906 Å². The maximum Gasteiger partial charge on any atom is 0.309 e. The van der Waals surface area contributed by atoms with Crippen LogP contribution in [0, 0.1) is 22.7 Å². The molecule has 0 saturated carbocycles. The van der Waals surface area contributed by atoms with Gasteiger partial charge in [0.05, 0.1) is 77.6 Å². The molecule has 0 aromatic heterocycles. The Kier molecular flexibility index (Phi) is 85.7. The van der Waals surface area contributed by atoms with Gasteiger partial charge in [-0.2, -0.15) is 0 Å². The van der Waals surface area contributed by atoms with Crippen LogP contribution < -0.4 is 0 Å². The Morgan fingerprint density at radius 3 is 0.760 bits per heavy atom. The van der Waals surface area contributed by atoms with Gasteiger partial charge >= 0.3 is 35.8 Å². The van der Waals surface area contributed by atoms with Gasteiger partial charge in [-0.3, -0.25) is 43.2 Å². The molecule has 24 heteroatoms. The van der Waals surface area contributed by atoms with Gasteiger partial charge in [0.25, 0.3) is 0 Å². The zero-order valence-corrected chi connectivity index (χ0v) is 95.2. The number of carboxylic acids is 6. The summed E-state index contributed by atoms with van der Waals surface area (Å²) in [6, 6.07) is 0. The average molecular weight is 2110 g/mol. The van der Waals surface area contributed by atoms with Crippen LogP contribution in [0.2, 0.25) is 0 Å². The van der Waals surface area contributed by atoms with E-state index in [1.54, 1.807) is 78.0 Å². The molecular weight excluding hydrogens is 1900 g/mol. The molecule has 0 aromatic carbocycles. The lowest BCUT2D eigenvalue weighted by Crippen LogP contribution is -2.24. The predicted molar refractivity (Wildman–Crippen MR) is 607 cm³/mol. The summed E-state index contributed by atoms with van der Waals surface area (Å²) in [6.07, 6.45) is 111. The lowest BCUT2D eigenvalue weighted by Gasteiger charge is -2.17. The van der Waals surface area contributed by atoms with Crippen LogP contribution in [-0.4, -0.2) is 191 Å². The van der Waals surface area contributed by atoms with E-state index in [0.717, 1.165) is 77.0 Å². The number of hydrogen-bond donors (Lipinski definition) is 9. The molecule has 6 rings (SSSR count). The summed E-state index contributed by atoms with van der Waals surface area (Å²) in [5, 5.41) is 82.8. The van der Waals surface area contributed by atoms with E-state index in [4.69, 9.17) is 59.1 Å². The standard InChI is InChI=1S/C22H38O4.C22H36O4.C21H36O4.C21H34O4.C20H34O4.C20H32O4/c1-4-5-6-7-8-9-10-11-12-13-18(23)14-15-19-20(26-19)16-17-22(2,3)21(24)25;1-4-5-6-7-8-9-10-11-12-13-14-15-18(23)20-19(26-20)16-17-22(2,3)21(24)25;1-3-4-5-6-7-8-9-10-11-12-18(22)14-16-20-19(25-20)15-13-17(2)21(23)24;1-3-4-5-6-7-8-9-10-11-12-13-14-18(22)20-19(25-20)16-15-17(2)21(23)24;1-2-3-4-5-6-7-8-9-10-12-17(21)15-16-19-18(24-19)13-11-14-20(22)23;1-2-3-4-5-6-7-8-9-10-11-12-14-17(21)20-18(24-20)15-13-16-19(22)23/h11-12,14-15,18-20,23H,4-10,13,16-17H2,1-3H3,(H,24,25);11-12,14-15,19-20H,4-10,13,16-17H2,1-3H3,(H,24,25);10-11,14,16-20,22H,3-9,12-13,15H2,1-2H3,(H,23,24);10-11,13-14,17,19-20H,3-9,12,15-16H2,1-2H3,(H,23,24);9-10,15-19,21H,2-8,11-14H2,1H3,(H,22,23);9-10,12,14,18,20H,2-8,11,13,15-16H2,1H3,(H,22,23)/b12-11-,15-14+;12-11-,15-14-;11-10-,16-14+;11-10-,14-13-;10-9-,16-15+;10-9-,14-12-. The summed E-state index contributed by atoms with van der Waals surface area (Å²) in [4.78, 5) is 100. The largest absolute Gasteiger partial charge is 0.481 e. The number of aliphatic hydroxyl groups is 3. The zero-order chi connectivity index (χ0) is 111. The normalized spacial score (nSPS) is 21.1. The number of aliphatic carboxylic acids is 6. The van der Waals surface area contributed by atoms with Crippen LogP contribution in [0.3, 0.4) is 0 Å². The summed E-state index contributed by atoms with van der Waals surface area (Å²) >= 11 is 0. The lowest BCUT2D eigenvalue weighted by molar-refractivity contribution is -0.148. The van der Waals surface area contributed by atoms with E-state index in [1.807, 2.05) is 36.5 Å². The summed E-state index contributed by atoms with van der Waals surface area (Å²) in [5.41, 5.74) is -1.48. The quantitative estimate of drug-likeness (QED) is 0.0118. The van der Waals surface area contributed by atoms with Gasteiger partial charge in [-0.1, -0.05) is 376 Å². The minimum Gasteiger partial charge on any atom is -0.481 e. The van der Waals surface area contributed by atoms with Crippen molar-refractivity contribution in [2.24, 2.45) is 22.7 Å². The van der Waals surface area contributed by atoms with Gasteiger partial charge in [0.15, 0.2) is 17.3 Å². The van der Waals surface area contributed by atoms with Crippen molar-refractivity contribution in [3.05, 3.63) is 146 Å². The molecule has 858 valence electrons. The lowest BCUT2D eigenvalue weighted by atomic mass is 9.87. The van der Waals surface area contributed by atoms with E-state index in [2.05, 4.69) is 114 Å². The van der Waals surface area contributed by atoms with Crippen molar-refractivity contribution in [2.75, 3.05) is 0 Å². The number of rotatable bonds is 90. The van der Waals surface area contributed by atoms with E-state index in [-0.39, 0.29) is 115 Å². The van der Waals surface area contributed by atoms with Crippen molar-refractivity contribution in [3.63, 3.8) is 0 Å². The van der Waals surface area contributed by atoms with Crippen molar-refractivity contribution in [1.29, 1.82) is 0 Å². The Morgan fingerprint density at radius 2 is 0.493 bits per heavy atom. The molecule has 0 aromatic rings. The molecule has 0 aliphatic carbocycles. The Bertz CT molecular complexity index is 3890. The second-order valence-corrected chi connectivity index (χ2v) is 43.2. The molecule has 6 heterocycles. The first-order valence-corrected chi connectivity index (χ1v) is 59.0. The molecule has 0 radical (unpaired) electrons. The van der Waals surface area contributed by atoms with Gasteiger partial charge in [0.2, 0.25) is 0 Å². The van der Waals surface area contributed by atoms with Crippen molar-refractivity contribution in [2.45, 2.75) is 573 Å². The van der Waals surface area contributed by atoms with Crippen LogP contribution in [-0.2, 0) is 71.6 Å². The molecule has 9 N–H and O–H groups in total. The van der Waals surface area contributed by atoms with Gasteiger partial charge in [0.1, 0.15) is 36.6 Å². The highest BCUT2D eigenvalue weighted by Crippen LogP contribution is 2.37. The topological polar surface area (TPSA) is 411 Å². The van der Waals surface area contributed by atoms with Gasteiger partial charge < -0.3 is 74.4 Å². The fourth-order valence-corrected chi connectivity index (χ4v) is 16.7. The maximum atomic E-state index is 12.0. The third kappa shape index (κ3) is 82.9. The number of unbranched alkanes of at least 4 members (excludes halogenated alkanes) is 36. The number of carbonyl (C=O) groups is 9. The Morgan fingerprint density at radius 1 is 0.267 bits per heavy atom. The first-order chi connectivity index (χ1) is 72.1. The van der Waals surface area contributed by atoms with Crippen molar-refractivity contribution in [3.8, 4) is 0 Å². The van der Waals surface area contributed by atoms with E-state index in [9.17, 15) is 58.5 Å². The number of carboxylic acid groups (broad SMARTS) is 6. The highest BCUT2D eigenvalue weighted by molar-refractivity contribution is 5.96. The second kappa shape index (κ2) is 91.6. The Balaban J connectivity index is 0.000000900. The fourth-order valence-electron chi connectivity index (χ4n) is 16.7. The summed E-state index contributed by atoms with van der Waals surface area (Å²) in [7, 11) is 0.